The number of hydrogen-bond acceptors (Lipinski definition) is 7. The number of amides is 1. The van der Waals surface area contributed by atoms with Gasteiger partial charge >= 0.3 is 0 Å². The van der Waals surface area contributed by atoms with Crippen LogP contribution >= 0.6 is 0 Å². The first-order valence-corrected chi connectivity index (χ1v) is 11.3. The number of hydrogen-bond donors (Lipinski definition) is 0. The van der Waals surface area contributed by atoms with Crippen molar-refractivity contribution < 1.29 is 14.3 Å². The minimum absolute atomic E-state index is 0.0489. The van der Waals surface area contributed by atoms with Gasteiger partial charge in [-0.05, 0) is 36.4 Å². The van der Waals surface area contributed by atoms with Crippen LogP contribution in [0.15, 0.2) is 85.5 Å². The Hall–Kier alpha value is -4.53. The standard InChI is InChI=1S/C26H24N6O3/c33-25(18-35-22-8-6-21(7-9-22)26(34)20-4-2-1-3-5-20)31-16-14-30(15-17-31)23-10-11-24(29-28-23)32-13-12-27-19-32/h1-13,19H,14-18H2. The lowest BCUT2D eigenvalue weighted by molar-refractivity contribution is -0.133. The van der Waals surface area contributed by atoms with Crippen molar-refractivity contribution in [2.24, 2.45) is 0 Å². The molecule has 1 fully saturated rings. The number of piperazine rings is 1. The molecule has 0 atom stereocenters. The van der Waals surface area contributed by atoms with Gasteiger partial charge in [-0.25, -0.2) is 4.98 Å². The van der Waals surface area contributed by atoms with Gasteiger partial charge in [0.05, 0.1) is 0 Å². The summed E-state index contributed by atoms with van der Waals surface area (Å²) in [7, 11) is 0. The lowest BCUT2D eigenvalue weighted by Crippen LogP contribution is -2.50. The van der Waals surface area contributed by atoms with Gasteiger partial charge in [-0.2, -0.15) is 0 Å². The van der Waals surface area contributed by atoms with Gasteiger partial charge in [0.25, 0.3) is 5.91 Å². The molecule has 0 radical (unpaired) electrons. The van der Waals surface area contributed by atoms with Gasteiger partial charge in [-0.3, -0.25) is 14.2 Å². The van der Waals surface area contributed by atoms with E-state index in [-0.39, 0.29) is 18.3 Å². The van der Waals surface area contributed by atoms with Gasteiger partial charge in [-0.15, -0.1) is 10.2 Å². The maximum atomic E-state index is 12.6. The van der Waals surface area contributed by atoms with Crippen LogP contribution in [0.2, 0.25) is 0 Å². The summed E-state index contributed by atoms with van der Waals surface area (Å²) in [6.45, 7) is 2.45. The molecule has 0 spiro atoms. The fourth-order valence-electron chi connectivity index (χ4n) is 3.90. The predicted molar refractivity (Wildman–Crippen MR) is 130 cm³/mol. The molecule has 9 nitrogen and oxygen atoms in total. The second-order valence-electron chi connectivity index (χ2n) is 8.10. The first-order valence-electron chi connectivity index (χ1n) is 11.3. The molecule has 0 bridgehead atoms. The van der Waals surface area contributed by atoms with E-state index in [2.05, 4.69) is 20.1 Å². The van der Waals surface area contributed by atoms with Crippen molar-refractivity contribution in [1.82, 2.24) is 24.6 Å². The average Bonchev–Trinajstić information content (AvgIpc) is 3.48. The summed E-state index contributed by atoms with van der Waals surface area (Å²) in [5, 5.41) is 8.58. The number of anilines is 1. The molecule has 1 amide bonds. The number of imidazole rings is 1. The second kappa shape index (κ2) is 10.2. The van der Waals surface area contributed by atoms with E-state index < -0.39 is 0 Å². The molecular weight excluding hydrogens is 444 g/mol. The smallest absolute Gasteiger partial charge is 0.260 e. The summed E-state index contributed by atoms with van der Waals surface area (Å²) in [5.41, 5.74) is 1.21. The Morgan fingerprint density at radius 2 is 1.49 bits per heavy atom. The molecule has 2 aromatic heterocycles. The van der Waals surface area contributed by atoms with Crippen molar-refractivity contribution in [3.8, 4) is 11.6 Å². The molecular formula is C26H24N6O3. The zero-order valence-electron chi connectivity index (χ0n) is 19.0. The highest BCUT2D eigenvalue weighted by molar-refractivity contribution is 6.09. The number of nitrogens with zero attached hydrogens (tertiary/aromatic N) is 6. The molecule has 1 saturated heterocycles. The molecule has 0 saturated carbocycles. The zero-order valence-corrected chi connectivity index (χ0v) is 19.0. The second-order valence-corrected chi connectivity index (χ2v) is 8.10. The molecule has 9 heteroatoms. The van der Waals surface area contributed by atoms with Gasteiger partial charge in [0.15, 0.2) is 24.0 Å². The number of carbonyl (C=O) groups is 2. The number of rotatable bonds is 7. The van der Waals surface area contributed by atoms with Gasteiger partial charge in [0.1, 0.15) is 12.1 Å². The quantitative estimate of drug-likeness (QED) is 0.385. The Morgan fingerprint density at radius 3 is 2.14 bits per heavy atom. The summed E-state index contributed by atoms with van der Waals surface area (Å²) in [6.07, 6.45) is 5.18. The van der Waals surface area contributed by atoms with Crippen LogP contribution in [0.4, 0.5) is 5.82 Å². The third kappa shape index (κ3) is 5.19. The molecule has 35 heavy (non-hydrogen) atoms. The summed E-state index contributed by atoms with van der Waals surface area (Å²) in [6, 6.07) is 19.8. The summed E-state index contributed by atoms with van der Waals surface area (Å²) >= 11 is 0. The summed E-state index contributed by atoms with van der Waals surface area (Å²) in [5.74, 6) is 1.91. The Morgan fingerprint density at radius 1 is 0.800 bits per heavy atom. The van der Waals surface area contributed by atoms with Crippen LogP contribution in [0.25, 0.3) is 5.82 Å². The fraction of sp³-hybridized carbons (Fsp3) is 0.192. The van der Waals surface area contributed by atoms with Gasteiger partial charge < -0.3 is 14.5 Å². The van der Waals surface area contributed by atoms with E-state index in [1.165, 1.54) is 0 Å². The third-order valence-corrected chi connectivity index (χ3v) is 5.88. The first-order chi connectivity index (χ1) is 17.2. The average molecular weight is 469 g/mol. The van der Waals surface area contributed by atoms with Crippen LogP contribution in [-0.4, -0.2) is 69.1 Å². The number of benzene rings is 2. The first kappa shape index (κ1) is 22.3. The van der Waals surface area contributed by atoms with E-state index in [1.807, 2.05) is 36.5 Å². The van der Waals surface area contributed by atoms with Crippen molar-refractivity contribution in [1.29, 1.82) is 0 Å². The number of aromatic nitrogens is 4. The van der Waals surface area contributed by atoms with Crippen LogP contribution in [0, 0.1) is 0 Å². The molecule has 0 N–H and O–H groups in total. The van der Waals surface area contributed by atoms with E-state index in [4.69, 9.17) is 4.74 Å². The van der Waals surface area contributed by atoms with Crippen LogP contribution < -0.4 is 9.64 Å². The van der Waals surface area contributed by atoms with E-state index in [1.54, 1.807) is 58.4 Å². The maximum Gasteiger partial charge on any atom is 0.260 e. The molecule has 1 aliphatic rings. The zero-order chi connectivity index (χ0) is 24.0. The Kier molecular flexibility index (Phi) is 6.47. The predicted octanol–water partition coefficient (Wildman–Crippen LogP) is 2.62. The highest BCUT2D eigenvalue weighted by Gasteiger charge is 2.22. The lowest BCUT2D eigenvalue weighted by Gasteiger charge is -2.35. The Balaban J connectivity index is 1.10. The van der Waals surface area contributed by atoms with Gasteiger partial charge in [0, 0.05) is 49.7 Å². The van der Waals surface area contributed by atoms with Crippen molar-refractivity contribution in [3.63, 3.8) is 0 Å². The van der Waals surface area contributed by atoms with Gasteiger partial charge in [0.2, 0.25) is 0 Å². The minimum Gasteiger partial charge on any atom is -0.484 e. The SMILES string of the molecule is O=C(c1ccccc1)c1ccc(OCC(=O)N2CCN(c3ccc(-n4ccnc4)nn3)CC2)cc1. The molecule has 176 valence electrons. The number of ether oxygens (including phenoxy) is 1. The molecule has 4 aromatic rings. The largest absolute Gasteiger partial charge is 0.484 e. The molecule has 2 aromatic carbocycles. The van der Waals surface area contributed by atoms with Crippen LogP contribution in [0.3, 0.4) is 0 Å². The summed E-state index contributed by atoms with van der Waals surface area (Å²) in [4.78, 5) is 33.1. The van der Waals surface area contributed by atoms with Gasteiger partial charge in [-0.1, -0.05) is 30.3 Å². The molecule has 5 rings (SSSR count). The molecule has 3 heterocycles. The van der Waals surface area contributed by atoms with Crippen LogP contribution in [0.1, 0.15) is 15.9 Å². The number of carbonyl (C=O) groups excluding carboxylic acids is 2. The third-order valence-electron chi connectivity index (χ3n) is 5.88. The monoisotopic (exact) mass is 468 g/mol. The highest BCUT2D eigenvalue weighted by Crippen LogP contribution is 2.17. The maximum absolute atomic E-state index is 12.6. The van der Waals surface area contributed by atoms with Crippen molar-refractivity contribution in [2.45, 2.75) is 0 Å². The van der Waals surface area contributed by atoms with Crippen LogP contribution in [-0.2, 0) is 4.79 Å². The molecule has 0 aliphatic carbocycles. The summed E-state index contributed by atoms with van der Waals surface area (Å²) < 4.78 is 7.47. The minimum atomic E-state index is -0.0735. The van der Waals surface area contributed by atoms with Crippen molar-refractivity contribution in [3.05, 3.63) is 96.6 Å². The molecule has 0 unspecified atom stereocenters. The van der Waals surface area contributed by atoms with Crippen LogP contribution in [0.5, 0.6) is 5.75 Å². The topological polar surface area (TPSA) is 93.5 Å². The Labute approximate surface area is 202 Å². The van der Waals surface area contributed by atoms with E-state index in [9.17, 15) is 9.59 Å². The number of ketones is 1. The highest BCUT2D eigenvalue weighted by atomic mass is 16.5. The normalized spacial score (nSPS) is 13.5. The lowest BCUT2D eigenvalue weighted by atomic mass is 10.0. The molecule has 1 aliphatic heterocycles. The van der Waals surface area contributed by atoms with Crippen molar-refractivity contribution in [2.75, 3.05) is 37.7 Å². The van der Waals surface area contributed by atoms with E-state index >= 15 is 0 Å². The fourth-order valence-corrected chi connectivity index (χ4v) is 3.90. The van der Waals surface area contributed by atoms with E-state index in [0.717, 1.165) is 5.82 Å². The van der Waals surface area contributed by atoms with E-state index in [0.29, 0.717) is 48.9 Å². The van der Waals surface area contributed by atoms with Crippen molar-refractivity contribution >= 4 is 17.5 Å². The Bertz CT molecular complexity index is 1270.